The van der Waals surface area contributed by atoms with Gasteiger partial charge in [0, 0.05) is 25.8 Å². The lowest BCUT2D eigenvalue weighted by molar-refractivity contribution is -0.137. The van der Waals surface area contributed by atoms with Gasteiger partial charge in [0.25, 0.3) is 11.8 Å². The predicted octanol–water partition coefficient (Wildman–Crippen LogP) is 3.37. The number of hydrogen-bond donors (Lipinski definition) is 1. The van der Waals surface area contributed by atoms with Crippen molar-refractivity contribution in [1.82, 2.24) is 5.32 Å². The number of rotatable bonds is 3. The number of anilines is 2. The minimum Gasteiger partial charge on any atom is -0.378 e. The molecule has 7 nitrogen and oxygen atoms in total. The predicted molar refractivity (Wildman–Crippen MR) is 117 cm³/mol. The SMILES string of the molecule is CNC(=O)c1ccc(N2C(=S)N(c3ccc(C#N)c(C(F)(F)F)c3)C(=O)[C@]23CCOC3)cc1F. The molecule has 1 atom stereocenters. The van der Waals surface area contributed by atoms with Crippen molar-refractivity contribution in [3.63, 3.8) is 0 Å². The molecule has 2 saturated heterocycles. The maximum atomic E-state index is 14.7. The summed E-state index contributed by atoms with van der Waals surface area (Å²) in [6.07, 6.45) is -4.68. The van der Waals surface area contributed by atoms with E-state index in [4.69, 9.17) is 22.2 Å². The van der Waals surface area contributed by atoms with Crippen molar-refractivity contribution in [1.29, 1.82) is 5.26 Å². The van der Waals surface area contributed by atoms with Crippen molar-refractivity contribution in [3.05, 3.63) is 58.9 Å². The Labute approximate surface area is 196 Å². The molecular formula is C22H16F4N4O3S. The number of nitrogens with one attached hydrogen (secondary N) is 1. The maximum Gasteiger partial charge on any atom is 0.417 e. The highest BCUT2D eigenvalue weighted by molar-refractivity contribution is 7.81. The number of amides is 2. The van der Waals surface area contributed by atoms with Gasteiger partial charge >= 0.3 is 6.18 Å². The largest absolute Gasteiger partial charge is 0.417 e. The molecule has 2 aliphatic heterocycles. The molecule has 1 N–H and O–H groups in total. The minimum atomic E-state index is -4.84. The van der Waals surface area contributed by atoms with Gasteiger partial charge in [-0.25, -0.2) is 4.39 Å². The van der Waals surface area contributed by atoms with Crippen LogP contribution in [-0.2, 0) is 15.7 Å². The number of benzene rings is 2. The molecule has 2 aromatic rings. The fourth-order valence-corrected chi connectivity index (χ4v) is 4.59. The molecule has 0 bridgehead atoms. The van der Waals surface area contributed by atoms with Crippen LogP contribution in [-0.4, -0.2) is 42.7 Å². The highest BCUT2D eigenvalue weighted by atomic mass is 32.1. The summed E-state index contributed by atoms with van der Waals surface area (Å²) in [6, 6.07) is 8.00. The van der Waals surface area contributed by atoms with Gasteiger partial charge < -0.3 is 15.0 Å². The molecule has 0 aliphatic carbocycles. The van der Waals surface area contributed by atoms with E-state index in [1.165, 1.54) is 36.2 Å². The van der Waals surface area contributed by atoms with Gasteiger partial charge in [0.05, 0.1) is 35.1 Å². The molecule has 0 saturated carbocycles. The lowest BCUT2D eigenvalue weighted by Crippen LogP contribution is -2.50. The zero-order valence-electron chi connectivity index (χ0n) is 17.6. The van der Waals surface area contributed by atoms with E-state index < -0.39 is 40.5 Å². The summed E-state index contributed by atoms with van der Waals surface area (Å²) in [7, 11) is 1.35. The first kappa shape index (κ1) is 23.6. The average molecular weight is 492 g/mol. The summed E-state index contributed by atoms with van der Waals surface area (Å²) in [5.41, 5.74) is -3.47. The summed E-state index contributed by atoms with van der Waals surface area (Å²) in [6.45, 7) is 0.0579. The lowest BCUT2D eigenvalue weighted by Gasteiger charge is -2.31. The summed E-state index contributed by atoms with van der Waals surface area (Å²) < 4.78 is 60.7. The van der Waals surface area contributed by atoms with Crippen LogP contribution in [0.25, 0.3) is 0 Å². The maximum absolute atomic E-state index is 14.7. The fourth-order valence-electron chi connectivity index (χ4n) is 4.12. The number of nitriles is 1. The van der Waals surface area contributed by atoms with E-state index >= 15 is 0 Å². The molecule has 0 unspecified atom stereocenters. The first-order chi connectivity index (χ1) is 16.0. The molecule has 0 radical (unpaired) electrons. The molecule has 12 heteroatoms. The van der Waals surface area contributed by atoms with Crippen molar-refractivity contribution in [2.45, 2.75) is 18.1 Å². The topological polar surface area (TPSA) is 85.7 Å². The monoisotopic (exact) mass is 492 g/mol. The van der Waals surface area contributed by atoms with Crippen LogP contribution in [0.4, 0.5) is 28.9 Å². The Morgan fingerprint density at radius 1 is 1.24 bits per heavy atom. The number of carbonyl (C=O) groups is 2. The van der Waals surface area contributed by atoms with Crippen LogP contribution in [0.15, 0.2) is 36.4 Å². The Bertz CT molecular complexity index is 1250. The van der Waals surface area contributed by atoms with Gasteiger partial charge in [-0.05, 0) is 48.6 Å². The van der Waals surface area contributed by atoms with Crippen molar-refractivity contribution in [2.24, 2.45) is 0 Å². The third-order valence-corrected chi connectivity index (χ3v) is 6.15. The minimum absolute atomic E-state index is 0.121. The second kappa shape index (κ2) is 8.34. The summed E-state index contributed by atoms with van der Waals surface area (Å²) in [5.74, 6) is -2.15. The molecule has 176 valence electrons. The summed E-state index contributed by atoms with van der Waals surface area (Å²) >= 11 is 5.49. The van der Waals surface area contributed by atoms with E-state index in [9.17, 15) is 27.2 Å². The van der Waals surface area contributed by atoms with Crippen molar-refractivity contribution in [2.75, 3.05) is 30.1 Å². The number of carbonyl (C=O) groups excluding carboxylic acids is 2. The van der Waals surface area contributed by atoms with Crippen molar-refractivity contribution < 1.29 is 31.9 Å². The molecule has 2 aliphatic rings. The average Bonchev–Trinajstić information content (AvgIpc) is 3.36. The van der Waals surface area contributed by atoms with E-state index in [1.807, 2.05) is 0 Å². The Balaban J connectivity index is 1.83. The number of halogens is 4. The van der Waals surface area contributed by atoms with Gasteiger partial charge in [-0.2, -0.15) is 18.4 Å². The molecule has 2 aromatic carbocycles. The zero-order valence-corrected chi connectivity index (χ0v) is 18.4. The van der Waals surface area contributed by atoms with E-state index in [1.54, 1.807) is 0 Å². The van der Waals surface area contributed by atoms with Gasteiger partial charge in [-0.1, -0.05) is 0 Å². The third-order valence-electron chi connectivity index (χ3n) is 5.78. The second-order valence-corrected chi connectivity index (χ2v) is 8.04. The molecule has 2 heterocycles. The van der Waals surface area contributed by atoms with Crippen LogP contribution < -0.4 is 15.1 Å². The summed E-state index contributed by atoms with van der Waals surface area (Å²) in [4.78, 5) is 27.7. The Kier molecular flexibility index (Phi) is 5.79. The van der Waals surface area contributed by atoms with Crippen LogP contribution in [0.1, 0.15) is 27.9 Å². The Morgan fingerprint density at radius 3 is 2.50 bits per heavy atom. The number of alkyl halides is 3. The highest BCUT2D eigenvalue weighted by Gasteiger charge is 2.58. The number of thiocarbonyl (C=S) groups is 1. The lowest BCUT2D eigenvalue weighted by atomic mass is 9.95. The summed E-state index contributed by atoms with van der Waals surface area (Å²) in [5, 5.41) is 11.2. The van der Waals surface area contributed by atoms with Gasteiger partial charge in [0.2, 0.25) is 0 Å². The molecule has 1 spiro atoms. The van der Waals surface area contributed by atoms with Crippen LogP contribution in [0.3, 0.4) is 0 Å². The van der Waals surface area contributed by atoms with Crippen molar-refractivity contribution in [3.8, 4) is 6.07 Å². The fraction of sp³-hybridized carbons (Fsp3) is 0.273. The molecule has 4 rings (SSSR count). The van der Waals surface area contributed by atoms with Gasteiger partial charge in [0.15, 0.2) is 10.7 Å². The van der Waals surface area contributed by atoms with Crippen LogP contribution in [0, 0.1) is 17.1 Å². The van der Waals surface area contributed by atoms with Crippen LogP contribution in [0.5, 0.6) is 0 Å². The molecule has 2 fully saturated rings. The smallest absolute Gasteiger partial charge is 0.378 e. The van der Waals surface area contributed by atoms with Gasteiger partial charge in [-0.3, -0.25) is 14.5 Å². The quantitative estimate of drug-likeness (QED) is 0.523. The first-order valence-corrected chi connectivity index (χ1v) is 10.4. The molecular weight excluding hydrogens is 476 g/mol. The molecule has 0 aromatic heterocycles. The van der Waals surface area contributed by atoms with E-state index in [2.05, 4.69) is 5.32 Å². The zero-order chi connectivity index (χ0) is 24.8. The van der Waals surface area contributed by atoms with E-state index in [0.29, 0.717) is 6.07 Å². The second-order valence-electron chi connectivity index (χ2n) is 7.68. The standard InChI is InChI=1S/C22H16F4N4O3S/c1-28-18(31)15-5-4-14(9-17(15)23)30-20(34)29(19(32)21(30)6-7-33-11-21)13-3-2-12(10-27)16(8-13)22(24,25)26/h2-5,8-9H,6-7,11H2,1H3,(H,28,31)/t21-/m1/s1. The first-order valence-electron chi connectivity index (χ1n) is 9.94. The van der Waals surface area contributed by atoms with E-state index in [-0.39, 0.29) is 41.7 Å². The van der Waals surface area contributed by atoms with Crippen LogP contribution in [0.2, 0.25) is 0 Å². The van der Waals surface area contributed by atoms with Crippen molar-refractivity contribution >= 4 is 40.5 Å². The third kappa shape index (κ3) is 3.57. The van der Waals surface area contributed by atoms with Crippen LogP contribution >= 0.6 is 12.2 Å². The molecule has 2 amide bonds. The molecule has 34 heavy (non-hydrogen) atoms. The van der Waals surface area contributed by atoms with Gasteiger partial charge in [-0.15, -0.1) is 0 Å². The van der Waals surface area contributed by atoms with Gasteiger partial charge in [0.1, 0.15) is 5.82 Å². The highest BCUT2D eigenvalue weighted by Crippen LogP contribution is 2.43. The number of nitrogens with zero attached hydrogens (tertiary/aromatic N) is 3. The van der Waals surface area contributed by atoms with E-state index in [0.717, 1.165) is 17.0 Å². The number of hydrogen-bond acceptors (Lipinski definition) is 5. The Morgan fingerprint density at radius 2 is 1.94 bits per heavy atom. The normalized spacial score (nSPS) is 20.2. The Hall–Kier alpha value is -3.56. The number of ether oxygens (including phenoxy) is 1.